The maximum absolute atomic E-state index is 5.54. The van der Waals surface area contributed by atoms with Gasteiger partial charge in [-0.25, -0.2) is 0 Å². The van der Waals surface area contributed by atoms with Crippen LogP contribution in [0, 0.1) is 0 Å². The Kier molecular flexibility index (Phi) is 32.4. The van der Waals surface area contributed by atoms with E-state index in [1.54, 1.807) is 0 Å². The predicted octanol–water partition coefficient (Wildman–Crippen LogP) is 10.7. The van der Waals surface area contributed by atoms with Gasteiger partial charge in [0.1, 0.15) is 4.32 Å². The first-order valence-corrected chi connectivity index (χ1v) is 16.8. The number of unbranched alkanes of at least 4 members (excludes halogenated alkanes) is 27. The van der Waals surface area contributed by atoms with Crippen molar-refractivity contribution in [2.45, 2.75) is 180 Å². The highest BCUT2D eigenvalue weighted by Crippen LogP contribution is 2.16. The van der Waals surface area contributed by atoms with Gasteiger partial charge in [0.15, 0.2) is 0 Å². The predicted molar refractivity (Wildman–Crippen MR) is 168 cm³/mol. The van der Waals surface area contributed by atoms with E-state index in [0.717, 1.165) is 13.1 Å². The quantitative estimate of drug-likeness (QED) is 0.0493. The fraction of sp³-hybridized carbons (Fsp3) is 0.968. The Balaban J connectivity index is 3.01. The molecule has 0 spiro atoms. The summed E-state index contributed by atoms with van der Waals surface area (Å²) in [5.41, 5.74) is 5.54. The summed E-state index contributed by atoms with van der Waals surface area (Å²) in [6, 6.07) is 0. The summed E-state index contributed by atoms with van der Waals surface area (Å²) in [5, 5.41) is 3.11. The van der Waals surface area contributed by atoms with Gasteiger partial charge >= 0.3 is 0 Å². The van der Waals surface area contributed by atoms with Gasteiger partial charge in [-0.2, -0.15) is 0 Å². The van der Waals surface area contributed by atoms with E-state index in [1.165, 1.54) is 180 Å². The highest BCUT2D eigenvalue weighted by Gasteiger charge is 1.97. The van der Waals surface area contributed by atoms with E-state index < -0.39 is 0 Å². The Hall–Kier alpha value is 0.200. The van der Waals surface area contributed by atoms with Crippen molar-refractivity contribution in [1.82, 2.24) is 5.32 Å². The van der Waals surface area contributed by atoms with Crippen molar-refractivity contribution < 1.29 is 0 Å². The molecule has 0 bridgehead atoms. The number of nitrogens with two attached hydrogens (primary N) is 1. The van der Waals surface area contributed by atoms with Gasteiger partial charge in [-0.1, -0.05) is 179 Å². The average Bonchev–Trinajstić information content (AvgIpc) is 2.85. The molecule has 0 aromatic heterocycles. The minimum absolute atomic E-state index is 0.628. The van der Waals surface area contributed by atoms with Gasteiger partial charge in [0.05, 0.1) is 0 Å². The summed E-state index contributed by atoms with van der Waals surface area (Å²) in [4.78, 5) is 0. The molecule has 4 heteroatoms. The molecule has 0 heterocycles. The van der Waals surface area contributed by atoms with Crippen LogP contribution in [0.4, 0.5) is 0 Å². The first-order chi connectivity index (χ1) is 17.3. The van der Waals surface area contributed by atoms with Gasteiger partial charge in [0.25, 0.3) is 0 Å². The van der Waals surface area contributed by atoms with Gasteiger partial charge in [-0.3, -0.25) is 0 Å². The molecule has 0 saturated heterocycles. The van der Waals surface area contributed by atoms with E-state index >= 15 is 0 Å². The second-order valence-electron chi connectivity index (χ2n) is 10.9. The summed E-state index contributed by atoms with van der Waals surface area (Å²) in [6.07, 6.45) is 39.9. The van der Waals surface area contributed by atoms with Crippen LogP contribution in [0.5, 0.6) is 0 Å². The monoisotopic (exact) mass is 528 g/mol. The van der Waals surface area contributed by atoms with Crippen molar-refractivity contribution in [3.8, 4) is 0 Å². The minimum Gasteiger partial charge on any atom is -0.371 e. The molecule has 0 rings (SSSR count). The van der Waals surface area contributed by atoms with Crippen LogP contribution in [0.1, 0.15) is 180 Å². The van der Waals surface area contributed by atoms with Crippen LogP contribution in [-0.4, -0.2) is 17.4 Å². The van der Waals surface area contributed by atoms with Gasteiger partial charge in [0, 0.05) is 6.54 Å². The smallest absolute Gasteiger partial charge is 0.130 e. The largest absolute Gasteiger partial charge is 0.371 e. The normalized spacial score (nSPS) is 11.3. The standard InChI is InChI=1S/C31H64N2S2/c32-29-27-25-23-21-19-17-15-13-11-9-7-5-3-1-2-4-6-8-10-12-14-16-18-20-22-24-26-28-30-33-31(34)35/h1-30,32H2,(H2,33,34,35). The van der Waals surface area contributed by atoms with Crippen LogP contribution in [-0.2, 0) is 0 Å². The van der Waals surface area contributed by atoms with Crippen molar-refractivity contribution in [1.29, 1.82) is 0 Å². The number of nitrogens with one attached hydrogen (secondary N) is 1. The SMILES string of the molecule is NCCCCCCCCCCCCCCCCCCCCCCCCCCCCCCNC(=S)S. The molecule has 0 aromatic carbocycles. The number of thiocarbonyl (C=S) groups is 1. The Labute approximate surface area is 232 Å². The number of hydrogen-bond acceptors (Lipinski definition) is 2. The Morgan fingerprint density at radius 3 is 0.800 bits per heavy atom. The fourth-order valence-electron chi connectivity index (χ4n) is 5.06. The molecule has 0 aliphatic heterocycles. The molecule has 0 aliphatic carbocycles. The van der Waals surface area contributed by atoms with Gasteiger partial charge in [-0.15, -0.1) is 12.6 Å². The topological polar surface area (TPSA) is 38.0 Å². The third kappa shape index (κ3) is 34.2. The van der Waals surface area contributed by atoms with Crippen LogP contribution >= 0.6 is 24.8 Å². The van der Waals surface area contributed by atoms with E-state index in [1.807, 2.05) is 0 Å². The first-order valence-electron chi connectivity index (χ1n) is 15.9. The highest BCUT2D eigenvalue weighted by molar-refractivity contribution is 8.11. The van der Waals surface area contributed by atoms with Crippen molar-refractivity contribution in [3.05, 3.63) is 0 Å². The van der Waals surface area contributed by atoms with Gasteiger partial charge in [-0.05, 0) is 19.4 Å². The molecule has 0 saturated carbocycles. The van der Waals surface area contributed by atoms with Crippen molar-refractivity contribution in [2.24, 2.45) is 5.73 Å². The molecule has 0 amide bonds. The summed E-state index contributed by atoms with van der Waals surface area (Å²) in [6.45, 7) is 1.86. The molecule has 0 fully saturated rings. The lowest BCUT2D eigenvalue weighted by atomic mass is 10.0. The summed E-state index contributed by atoms with van der Waals surface area (Å²) >= 11 is 8.97. The molecular weight excluding hydrogens is 464 g/mol. The molecule has 3 N–H and O–H groups in total. The van der Waals surface area contributed by atoms with Crippen molar-refractivity contribution >= 4 is 29.2 Å². The Morgan fingerprint density at radius 2 is 0.600 bits per heavy atom. The molecule has 0 aliphatic rings. The zero-order chi connectivity index (χ0) is 25.5. The fourth-order valence-corrected chi connectivity index (χ4v) is 5.27. The van der Waals surface area contributed by atoms with Crippen LogP contribution in [0.3, 0.4) is 0 Å². The maximum atomic E-state index is 5.54. The second kappa shape index (κ2) is 32.2. The summed E-state index contributed by atoms with van der Waals surface area (Å²) < 4.78 is 0.628. The lowest BCUT2D eigenvalue weighted by Crippen LogP contribution is -2.17. The van der Waals surface area contributed by atoms with Crippen molar-refractivity contribution in [3.63, 3.8) is 0 Å². The third-order valence-corrected chi connectivity index (χ3v) is 7.71. The van der Waals surface area contributed by atoms with E-state index in [2.05, 4.69) is 17.9 Å². The van der Waals surface area contributed by atoms with Crippen LogP contribution < -0.4 is 11.1 Å². The molecule has 0 radical (unpaired) electrons. The maximum Gasteiger partial charge on any atom is 0.130 e. The zero-order valence-electron chi connectivity index (χ0n) is 23.6. The molecular formula is C31H64N2S2. The molecule has 35 heavy (non-hydrogen) atoms. The van der Waals surface area contributed by atoms with E-state index in [4.69, 9.17) is 18.0 Å². The first kappa shape index (κ1) is 35.2. The van der Waals surface area contributed by atoms with Crippen LogP contribution in [0.25, 0.3) is 0 Å². The van der Waals surface area contributed by atoms with Gasteiger partial charge < -0.3 is 11.1 Å². The van der Waals surface area contributed by atoms with Crippen LogP contribution in [0.2, 0.25) is 0 Å². The Bertz CT molecular complexity index is 403. The molecule has 210 valence electrons. The van der Waals surface area contributed by atoms with E-state index in [0.29, 0.717) is 4.32 Å². The van der Waals surface area contributed by atoms with E-state index in [9.17, 15) is 0 Å². The van der Waals surface area contributed by atoms with Crippen molar-refractivity contribution in [2.75, 3.05) is 13.1 Å². The molecule has 0 aromatic rings. The van der Waals surface area contributed by atoms with E-state index in [-0.39, 0.29) is 0 Å². The lowest BCUT2D eigenvalue weighted by Gasteiger charge is -2.05. The molecule has 0 unspecified atom stereocenters. The summed E-state index contributed by atoms with van der Waals surface area (Å²) in [7, 11) is 0. The van der Waals surface area contributed by atoms with Crippen LogP contribution in [0.15, 0.2) is 0 Å². The average molecular weight is 529 g/mol. The third-order valence-electron chi connectivity index (χ3n) is 7.41. The second-order valence-corrected chi connectivity index (χ2v) is 12.1. The highest BCUT2D eigenvalue weighted by atomic mass is 32.1. The number of thiol groups is 1. The Morgan fingerprint density at radius 1 is 0.400 bits per heavy atom. The number of hydrogen-bond donors (Lipinski definition) is 3. The molecule has 0 atom stereocenters. The number of rotatable bonds is 30. The molecule has 2 nitrogen and oxygen atoms in total. The van der Waals surface area contributed by atoms with Gasteiger partial charge in [0.2, 0.25) is 0 Å². The summed E-state index contributed by atoms with van der Waals surface area (Å²) in [5.74, 6) is 0. The minimum atomic E-state index is 0.628. The zero-order valence-corrected chi connectivity index (χ0v) is 25.4. The lowest BCUT2D eigenvalue weighted by molar-refractivity contribution is 0.513.